The van der Waals surface area contributed by atoms with E-state index in [1.54, 1.807) is 31.2 Å². The van der Waals surface area contributed by atoms with Gasteiger partial charge in [0, 0.05) is 19.7 Å². The summed E-state index contributed by atoms with van der Waals surface area (Å²) in [4.78, 5) is 24.0. The van der Waals surface area contributed by atoms with E-state index in [2.05, 4.69) is 15.4 Å². The molecule has 1 aromatic carbocycles. The number of nitrogens with one attached hydrogen (secondary N) is 3. The lowest BCUT2D eigenvalue weighted by Crippen LogP contribution is -2.36. The Morgan fingerprint density at radius 2 is 1.92 bits per heavy atom. The van der Waals surface area contributed by atoms with Crippen molar-refractivity contribution in [1.82, 2.24) is 10.0 Å². The number of halogens is 1. The second-order valence-electron chi connectivity index (χ2n) is 4.98. The summed E-state index contributed by atoms with van der Waals surface area (Å²) in [7, 11) is -3.61. The van der Waals surface area contributed by atoms with Gasteiger partial charge in [-0.25, -0.2) is 13.1 Å². The molecular formula is C15H25ClN4O5S. The minimum atomic E-state index is -3.61. The van der Waals surface area contributed by atoms with Crippen LogP contribution in [-0.4, -0.2) is 58.8 Å². The summed E-state index contributed by atoms with van der Waals surface area (Å²) in [5.41, 5.74) is 5.89. The second kappa shape index (κ2) is 12.6. The molecule has 0 aromatic heterocycles. The molecule has 5 N–H and O–H groups in total. The first kappa shape index (κ1) is 24.3. The third-order valence-electron chi connectivity index (χ3n) is 3.03. The summed E-state index contributed by atoms with van der Waals surface area (Å²) < 4.78 is 30.6. The van der Waals surface area contributed by atoms with Gasteiger partial charge in [0.25, 0.3) is 5.91 Å². The molecule has 148 valence electrons. The SMILES string of the molecule is CCOCCS(=O)(=O)NCC(=O)Nc1ccccc1C(=O)NCCN.Cl. The fourth-order valence-electron chi connectivity index (χ4n) is 1.83. The molecule has 9 nitrogen and oxygen atoms in total. The number of sulfonamides is 1. The van der Waals surface area contributed by atoms with Crippen LogP contribution in [0.3, 0.4) is 0 Å². The summed E-state index contributed by atoms with van der Waals surface area (Å²) >= 11 is 0. The van der Waals surface area contributed by atoms with Gasteiger partial charge in [-0.2, -0.15) is 0 Å². The van der Waals surface area contributed by atoms with Crippen LogP contribution in [0.15, 0.2) is 24.3 Å². The van der Waals surface area contributed by atoms with Crippen LogP contribution < -0.4 is 21.1 Å². The normalized spacial score (nSPS) is 10.7. The number of carbonyl (C=O) groups is 2. The molecule has 0 bridgehead atoms. The minimum Gasteiger partial charge on any atom is -0.381 e. The third kappa shape index (κ3) is 9.11. The third-order valence-corrected chi connectivity index (χ3v) is 4.32. The van der Waals surface area contributed by atoms with Crippen LogP contribution in [0, 0.1) is 0 Å². The summed E-state index contributed by atoms with van der Waals surface area (Å²) in [6.45, 7) is 2.39. The lowest BCUT2D eigenvalue weighted by molar-refractivity contribution is -0.115. The first-order valence-corrected chi connectivity index (χ1v) is 9.47. The van der Waals surface area contributed by atoms with Crippen molar-refractivity contribution in [2.75, 3.05) is 43.9 Å². The van der Waals surface area contributed by atoms with E-state index in [0.717, 1.165) is 0 Å². The van der Waals surface area contributed by atoms with Crippen molar-refractivity contribution in [1.29, 1.82) is 0 Å². The maximum Gasteiger partial charge on any atom is 0.253 e. The van der Waals surface area contributed by atoms with Gasteiger partial charge in [-0.1, -0.05) is 12.1 Å². The highest BCUT2D eigenvalue weighted by molar-refractivity contribution is 7.89. The van der Waals surface area contributed by atoms with E-state index in [0.29, 0.717) is 19.7 Å². The number of para-hydroxylation sites is 1. The quantitative estimate of drug-likeness (QED) is 0.370. The number of hydrogen-bond acceptors (Lipinski definition) is 6. The van der Waals surface area contributed by atoms with E-state index in [1.807, 2.05) is 0 Å². The van der Waals surface area contributed by atoms with Crippen molar-refractivity contribution in [2.24, 2.45) is 5.73 Å². The highest BCUT2D eigenvalue weighted by Crippen LogP contribution is 2.14. The van der Waals surface area contributed by atoms with Gasteiger partial charge in [0.1, 0.15) is 0 Å². The smallest absolute Gasteiger partial charge is 0.253 e. The monoisotopic (exact) mass is 408 g/mol. The molecular weight excluding hydrogens is 384 g/mol. The number of ether oxygens (including phenoxy) is 1. The summed E-state index contributed by atoms with van der Waals surface area (Å²) in [5.74, 6) is -1.19. The zero-order valence-electron chi connectivity index (χ0n) is 14.5. The molecule has 2 amide bonds. The highest BCUT2D eigenvalue weighted by atomic mass is 35.5. The van der Waals surface area contributed by atoms with Gasteiger partial charge in [-0.05, 0) is 19.1 Å². The Kier molecular flexibility index (Phi) is 11.8. The summed E-state index contributed by atoms with van der Waals surface area (Å²) in [6, 6.07) is 6.41. The molecule has 0 fully saturated rings. The van der Waals surface area contributed by atoms with Crippen molar-refractivity contribution >= 4 is 39.9 Å². The summed E-state index contributed by atoms with van der Waals surface area (Å²) in [6.07, 6.45) is 0. The molecule has 0 saturated heterocycles. The van der Waals surface area contributed by atoms with Gasteiger partial charge in [0.05, 0.1) is 30.2 Å². The predicted octanol–water partition coefficient (Wildman–Crippen LogP) is -0.309. The van der Waals surface area contributed by atoms with Gasteiger partial charge in [0.2, 0.25) is 15.9 Å². The predicted molar refractivity (Wildman–Crippen MR) is 102 cm³/mol. The molecule has 0 atom stereocenters. The van der Waals surface area contributed by atoms with Crippen LogP contribution in [0.1, 0.15) is 17.3 Å². The zero-order chi connectivity index (χ0) is 18.7. The van der Waals surface area contributed by atoms with Gasteiger partial charge >= 0.3 is 0 Å². The van der Waals surface area contributed by atoms with Crippen molar-refractivity contribution in [3.63, 3.8) is 0 Å². The van der Waals surface area contributed by atoms with Crippen molar-refractivity contribution in [3.05, 3.63) is 29.8 Å². The molecule has 0 aliphatic rings. The van der Waals surface area contributed by atoms with Crippen LogP contribution in [0.2, 0.25) is 0 Å². The Labute approximate surface area is 159 Å². The number of carbonyl (C=O) groups excluding carboxylic acids is 2. The lowest BCUT2D eigenvalue weighted by Gasteiger charge is -2.12. The molecule has 0 spiro atoms. The maximum absolute atomic E-state index is 12.0. The molecule has 0 heterocycles. The number of nitrogens with two attached hydrogens (primary N) is 1. The van der Waals surface area contributed by atoms with E-state index in [9.17, 15) is 18.0 Å². The minimum absolute atomic E-state index is 0. The van der Waals surface area contributed by atoms with Crippen molar-refractivity contribution in [3.8, 4) is 0 Å². The van der Waals surface area contributed by atoms with Gasteiger partial charge in [-0.3, -0.25) is 9.59 Å². The van der Waals surface area contributed by atoms with E-state index >= 15 is 0 Å². The molecule has 0 aliphatic carbocycles. The van der Waals surface area contributed by atoms with Crippen LogP contribution in [-0.2, 0) is 19.6 Å². The number of amides is 2. The average molecular weight is 409 g/mol. The van der Waals surface area contributed by atoms with Crippen molar-refractivity contribution in [2.45, 2.75) is 6.92 Å². The van der Waals surface area contributed by atoms with E-state index in [1.165, 1.54) is 0 Å². The van der Waals surface area contributed by atoms with Gasteiger partial charge < -0.3 is 21.1 Å². The van der Waals surface area contributed by atoms with Gasteiger partial charge in [0.15, 0.2) is 0 Å². The van der Waals surface area contributed by atoms with E-state index in [-0.39, 0.29) is 41.9 Å². The number of hydrogen-bond donors (Lipinski definition) is 4. The van der Waals surface area contributed by atoms with Gasteiger partial charge in [-0.15, -0.1) is 12.4 Å². The Bertz CT molecular complexity index is 684. The Hall–Kier alpha value is -1.72. The highest BCUT2D eigenvalue weighted by Gasteiger charge is 2.15. The standard InChI is InChI=1S/C15H24N4O5S.ClH/c1-2-24-9-10-25(22,23)18-11-14(20)19-13-6-4-3-5-12(13)15(21)17-8-7-16;/h3-6,18H,2,7-11,16H2,1H3,(H,17,21)(H,19,20);1H. The first-order valence-electron chi connectivity index (χ1n) is 7.82. The van der Waals surface area contributed by atoms with Crippen LogP contribution in [0.25, 0.3) is 0 Å². The zero-order valence-corrected chi connectivity index (χ0v) is 16.1. The Morgan fingerprint density at radius 1 is 1.23 bits per heavy atom. The number of rotatable bonds is 11. The second-order valence-corrected chi connectivity index (χ2v) is 6.90. The Morgan fingerprint density at radius 3 is 2.58 bits per heavy atom. The van der Waals surface area contributed by atoms with E-state index < -0.39 is 22.5 Å². The molecule has 0 radical (unpaired) electrons. The van der Waals surface area contributed by atoms with Crippen LogP contribution in [0.4, 0.5) is 5.69 Å². The topological polar surface area (TPSA) is 140 Å². The molecule has 0 unspecified atom stereocenters. The molecule has 26 heavy (non-hydrogen) atoms. The summed E-state index contributed by atoms with van der Waals surface area (Å²) in [5, 5.41) is 5.13. The number of anilines is 1. The van der Waals surface area contributed by atoms with Crippen LogP contribution in [0.5, 0.6) is 0 Å². The Balaban J connectivity index is 0.00000625. The molecule has 0 saturated carbocycles. The fourth-order valence-corrected chi connectivity index (χ4v) is 2.66. The van der Waals surface area contributed by atoms with Crippen molar-refractivity contribution < 1.29 is 22.7 Å². The molecule has 11 heteroatoms. The van der Waals surface area contributed by atoms with Crippen LogP contribution >= 0.6 is 12.4 Å². The lowest BCUT2D eigenvalue weighted by atomic mass is 10.1. The first-order chi connectivity index (χ1) is 11.9. The largest absolute Gasteiger partial charge is 0.381 e. The number of benzene rings is 1. The molecule has 1 rings (SSSR count). The molecule has 1 aromatic rings. The molecule has 0 aliphatic heterocycles. The maximum atomic E-state index is 12.0. The average Bonchev–Trinajstić information content (AvgIpc) is 2.58. The van der Waals surface area contributed by atoms with E-state index in [4.69, 9.17) is 10.5 Å². The fraction of sp³-hybridized carbons (Fsp3) is 0.467.